The maximum absolute atomic E-state index is 13.5. The van der Waals surface area contributed by atoms with E-state index in [2.05, 4.69) is 5.32 Å². The molecule has 2 aromatic rings. The average Bonchev–Trinajstić information content (AvgIpc) is 2.55. The Kier molecular flexibility index (Phi) is 4.48. The second-order valence-corrected chi connectivity index (χ2v) is 6.68. The third-order valence-electron chi connectivity index (χ3n) is 3.84. The first kappa shape index (κ1) is 15.7. The van der Waals surface area contributed by atoms with E-state index in [0.717, 1.165) is 21.8 Å². The van der Waals surface area contributed by atoms with E-state index in [1.54, 1.807) is 42.1 Å². The minimum absolute atomic E-state index is 0.330. The predicted molar refractivity (Wildman–Crippen MR) is 88.1 cm³/mol. The summed E-state index contributed by atoms with van der Waals surface area (Å²) in [6.45, 7) is 1.92. The average molecular weight is 329 g/mol. The Balaban J connectivity index is 1.77. The van der Waals surface area contributed by atoms with E-state index in [4.69, 9.17) is 0 Å². The number of hydrogen-bond donors (Lipinski definition) is 1. The Morgan fingerprint density at radius 1 is 1.17 bits per heavy atom. The molecule has 3 nitrogen and oxygen atoms in total. The van der Waals surface area contributed by atoms with Gasteiger partial charge in [-0.25, -0.2) is 4.39 Å². The van der Waals surface area contributed by atoms with E-state index >= 15 is 0 Å². The zero-order chi connectivity index (χ0) is 16.4. The van der Waals surface area contributed by atoms with E-state index in [1.807, 2.05) is 6.92 Å². The highest BCUT2D eigenvalue weighted by atomic mass is 32.2. The number of nitrogens with one attached hydrogen (secondary N) is 1. The summed E-state index contributed by atoms with van der Waals surface area (Å²) in [4.78, 5) is 25.4. The molecule has 23 heavy (non-hydrogen) atoms. The summed E-state index contributed by atoms with van der Waals surface area (Å²) in [5.41, 5.74) is 2.12. The molecular weight excluding hydrogens is 313 g/mol. The highest BCUT2D eigenvalue weighted by molar-refractivity contribution is 7.99. The lowest BCUT2D eigenvalue weighted by molar-refractivity contribution is -0.117. The molecule has 1 amide bonds. The lowest BCUT2D eigenvalue weighted by atomic mass is 10.0. The van der Waals surface area contributed by atoms with E-state index in [-0.39, 0.29) is 11.9 Å². The van der Waals surface area contributed by atoms with Crippen LogP contribution < -0.4 is 5.32 Å². The second-order valence-electron chi connectivity index (χ2n) is 5.54. The molecule has 118 valence electrons. The van der Waals surface area contributed by atoms with Gasteiger partial charge in [-0.3, -0.25) is 9.59 Å². The van der Waals surface area contributed by atoms with Crippen molar-refractivity contribution < 1.29 is 14.0 Å². The Hall–Kier alpha value is -2.14. The van der Waals surface area contributed by atoms with Crippen molar-refractivity contribution in [1.29, 1.82) is 0 Å². The first-order chi connectivity index (χ1) is 11.0. The molecule has 0 saturated carbocycles. The van der Waals surface area contributed by atoms with E-state index in [0.29, 0.717) is 12.0 Å². The first-order valence-electron chi connectivity index (χ1n) is 7.39. The van der Waals surface area contributed by atoms with Crippen molar-refractivity contribution >= 4 is 23.5 Å². The Morgan fingerprint density at radius 3 is 2.65 bits per heavy atom. The molecule has 0 spiro atoms. The summed E-state index contributed by atoms with van der Waals surface area (Å²) < 4.78 is 13.5. The summed E-state index contributed by atoms with van der Waals surface area (Å²) in [6.07, 6.45) is 0.675. The molecule has 1 aliphatic heterocycles. The van der Waals surface area contributed by atoms with Crippen LogP contribution in [0, 0.1) is 12.7 Å². The van der Waals surface area contributed by atoms with Crippen LogP contribution in [0.15, 0.2) is 47.4 Å². The van der Waals surface area contributed by atoms with Crippen molar-refractivity contribution in [3.8, 4) is 0 Å². The maximum atomic E-state index is 13.5. The zero-order valence-electron chi connectivity index (χ0n) is 12.6. The molecule has 2 aromatic carbocycles. The normalized spacial score (nSPS) is 16.5. The summed E-state index contributed by atoms with van der Waals surface area (Å²) in [5, 5.41) is 2.75. The SMILES string of the molecule is Cc1ccc(C(=O)C(=O)NC2CCSc3ccc(F)cc32)cc1. The fraction of sp³-hybridized carbons (Fsp3) is 0.222. The molecule has 3 rings (SSSR count). The van der Waals surface area contributed by atoms with Gasteiger partial charge in [-0.05, 0) is 37.1 Å². The number of rotatable bonds is 3. The molecule has 0 saturated heterocycles. The lowest BCUT2D eigenvalue weighted by Crippen LogP contribution is -2.35. The highest BCUT2D eigenvalue weighted by Gasteiger charge is 2.25. The summed E-state index contributed by atoms with van der Waals surface area (Å²) in [6, 6.07) is 11.1. The van der Waals surface area contributed by atoms with Crippen LogP contribution >= 0.6 is 11.8 Å². The standard InChI is InChI=1S/C18H16FNO2S/c1-11-2-4-12(5-3-11)17(21)18(22)20-15-8-9-23-16-7-6-13(19)10-14(15)16/h2-7,10,15H,8-9H2,1H3,(H,20,22). The van der Waals surface area contributed by atoms with Gasteiger partial charge in [0.1, 0.15) is 5.82 Å². The molecule has 1 N–H and O–H groups in total. The fourth-order valence-electron chi connectivity index (χ4n) is 2.58. The monoisotopic (exact) mass is 329 g/mol. The quantitative estimate of drug-likeness (QED) is 0.690. The highest BCUT2D eigenvalue weighted by Crippen LogP contribution is 2.36. The summed E-state index contributed by atoms with van der Waals surface area (Å²) >= 11 is 1.63. The Bertz CT molecular complexity index is 758. The van der Waals surface area contributed by atoms with E-state index in [1.165, 1.54) is 12.1 Å². The van der Waals surface area contributed by atoms with Crippen LogP contribution in [0.1, 0.15) is 33.9 Å². The van der Waals surface area contributed by atoms with Gasteiger partial charge in [0, 0.05) is 16.2 Å². The summed E-state index contributed by atoms with van der Waals surface area (Å²) in [7, 11) is 0. The number of benzene rings is 2. The fourth-order valence-corrected chi connectivity index (χ4v) is 3.68. The number of amides is 1. The number of Topliss-reactive ketones (excluding diaryl/α,β-unsaturated/α-hetero) is 1. The molecule has 0 fully saturated rings. The summed E-state index contributed by atoms with van der Waals surface area (Å²) in [5.74, 6) is -0.736. The van der Waals surface area contributed by atoms with Gasteiger partial charge in [0.15, 0.2) is 0 Å². The number of carbonyl (C=O) groups excluding carboxylic acids is 2. The van der Waals surface area contributed by atoms with Gasteiger partial charge in [-0.15, -0.1) is 11.8 Å². The molecule has 0 aromatic heterocycles. The number of fused-ring (bicyclic) bond motifs is 1. The third kappa shape index (κ3) is 3.45. The minimum Gasteiger partial charge on any atom is -0.342 e. The van der Waals surface area contributed by atoms with Gasteiger partial charge >= 0.3 is 0 Å². The van der Waals surface area contributed by atoms with Crippen molar-refractivity contribution in [2.24, 2.45) is 0 Å². The van der Waals surface area contributed by atoms with Gasteiger partial charge in [-0.1, -0.05) is 29.8 Å². The van der Waals surface area contributed by atoms with Gasteiger partial charge in [0.25, 0.3) is 5.91 Å². The van der Waals surface area contributed by atoms with Crippen molar-refractivity contribution in [2.75, 3.05) is 5.75 Å². The number of halogens is 1. The minimum atomic E-state index is -0.652. The number of aryl methyl sites for hydroxylation is 1. The molecule has 1 aliphatic rings. The topological polar surface area (TPSA) is 46.2 Å². The Labute approximate surface area is 138 Å². The molecule has 1 atom stereocenters. The smallest absolute Gasteiger partial charge is 0.292 e. The lowest BCUT2D eigenvalue weighted by Gasteiger charge is -2.25. The molecule has 1 unspecified atom stereocenters. The van der Waals surface area contributed by atoms with E-state index in [9.17, 15) is 14.0 Å². The third-order valence-corrected chi connectivity index (χ3v) is 4.96. The van der Waals surface area contributed by atoms with Gasteiger partial charge in [0.05, 0.1) is 6.04 Å². The van der Waals surface area contributed by atoms with Crippen molar-refractivity contribution in [1.82, 2.24) is 5.32 Å². The van der Waals surface area contributed by atoms with Gasteiger partial charge < -0.3 is 5.32 Å². The van der Waals surface area contributed by atoms with Crippen molar-refractivity contribution in [2.45, 2.75) is 24.3 Å². The van der Waals surface area contributed by atoms with Crippen LogP contribution in [-0.4, -0.2) is 17.4 Å². The van der Waals surface area contributed by atoms with Crippen LogP contribution in [0.2, 0.25) is 0 Å². The molecule has 1 heterocycles. The molecular formula is C18H16FNO2S. The van der Waals surface area contributed by atoms with Crippen LogP contribution in [0.5, 0.6) is 0 Å². The van der Waals surface area contributed by atoms with Crippen molar-refractivity contribution in [3.63, 3.8) is 0 Å². The number of carbonyl (C=O) groups is 2. The van der Waals surface area contributed by atoms with Crippen LogP contribution in [-0.2, 0) is 4.79 Å². The zero-order valence-corrected chi connectivity index (χ0v) is 13.5. The van der Waals surface area contributed by atoms with Crippen LogP contribution in [0.25, 0.3) is 0 Å². The largest absolute Gasteiger partial charge is 0.342 e. The van der Waals surface area contributed by atoms with Crippen LogP contribution in [0.3, 0.4) is 0 Å². The maximum Gasteiger partial charge on any atom is 0.292 e. The number of ketones is 1. The molecule has 5 heteroatoms. The van der Waals surface area contributed by atoms with Crippen LogP contribution in [0.4, 0.5) is 4.39 Å². The predicted octanol–water partition coefficient (Wildman–Crippen LogP) is 3.67. The van der Waals surface area contributed by atoms with Gasteiger partial charge in [0.2, 0.25) is 5.78 Å². The second kappa shape index (κ2) is 6.54. The Morgan fingerprint density at radius 2 is 1.91 bits per heavy atom. The van der Waals surface area contributed by atoms with Crippen molar-refractivity contribution in [3.05, 3.63) is 65.0 Å². The van der Waals surface area contributed by atoms with Gasteiger partial charge in [-0.2, -0.15) is 0 Å². The number of hydrogen-bond acceptors (Lipinski definition) is 3. The number of thioether (sulfide) groups is 1. The van der Waals surface area contributed by atoms with E-state index < -0.39 is 11.7 Å². The molecule has 0 aliphatic carbocycles. The molecule has 0 radical (unpaired) electrons. The molecule has 0 bridgehead atoms. The first-order valence-corrected chi connectivity index (χ1v) is 8.37.